The molecule has 0 aromatic carbocycles. The molecule has 76 valence electrons. The number of hydrogen-bond donors (Lipinski definition) is 0. The number of nitrogens with zero attached hydrogens (tertiary/aromatic N) is 2. The van der Waals surface area contributed by atoms with Gasteiger partial charge in [-0.05, 0) is 24.7 Å². The van der Waals surface area contributed by atoms with Gasteiger partial charge in [0.1, 0.15) is 0 Å². The lowest BCUT2D eigenvalue weighted by molar-refractivity contribution is 0.243. The van der Waals surface area contributed by atoms with Gasteiger partial charge in [-0.2, -0.15) is 0 Å². The van der Waals surface area contributed by atoms with Crippen LogP contribution in [0.25, 0.3) is 0 Å². The summed E-state index contributed by atoms with van der Waals surface area (Å²) in [7, 11) is 0. The molecular weight excluding hydrogens is 216 g/mol. The van der Waals surface area contributed by atoms with E-state index in [4.69, 9.17) is 11.6 Å². The molecule has 2 unspecified atom stereocenters. The lowest BCUT2D eigenvalue weighted by Gasteiger charge is -2.28. The minimum absolute atomic E-state index is 0.669. The Morgan fingerprint density at radius 3 is 2.64 bits per heavy atom. The van der Waals surface area contributed by atoms with Crippen molar-refractivity contribution in [3.05, 3.63) is 15.5 Å². The molecule has 4 heteroatoms. The van der Waals surface area contributed by atoms with Gasteiger partial charge in [0, 0.05) is 30.7 Å². The maximum atomic E-state index is 5.80. The van der Waals surface area contributed by atoms with Crippen LogP contribution in [0.15, 0.2) is 6.20 Å². The predicted molar refractivity (Wildman–Crippen MR) is 58.6 cm³/mol. The Labute approximate surface area is 92.9 Å². The van der Waals surface area contributed by atoms with Crippen molar-refractivity contribution in [2.75, 3.05) is 13.1 Å². The highest BCUT2D eigenvalue weighted by Crippen LogP contribution is 2.41. The maximum absolute atomic E-state index is 5.80. The zero-order valence-electron chi connectivity index (χ0n) is 7.95. The van der Waals surface area contributed by atoms with Crippen LogP contribution in [0.1, 0.15) is 17.7 Å². The Balaban J connectivity index is 1.62. The SMILES string of the molecule is Clc1ncc(CN2CC3CCC3C2)s1. The molecule has 2 nitrogen and oxygen atoms in total. The largest absolute Gasteiger partial charge is 0.298 e. The monoisotopic (exact) mass is 228 g/mol. The summed E-state index contributed by atoms with van der Waals surface area (Å²) in [5.74, 6) is 2.00. The smallest absolute Gasteiger partial charge is 0.183 e. The molecule has 1 saturated heterocycles. The quantitative estimate of drug-likeness (QED) is 0.774. The summed E-state index contributed by atoms with van der Waals surface area (Å²) in [4.78, 5) is 7.92. The molecule has 0 spiro atoms. The summed E-state index contributed by atoms with van der Waals surface area (Å²) < 4.78 is 0.669. The second kappa shape index (κ2) is 3.47. The van der Waals surface area contributed by atoms with Crippen LogP contribution in [0.5, 0.6) is 0 Å². The second-order valence-electron chi connectivity index (χ2n) is 4.37. The van der Waals surface area contributed by atoms with Crippen LogP contribution in [-0.2, 0) is 6.54 Å². The highest BCUT2D eigenvalue weighted by molar-refractivity contribution is 7.15. The van der Waals surface area contributed by atoms with E-state index >= 15 is 0 Å². The number of fused-ring (bicyclic) bond motifs is 1. The van der Waals surface area contributed by atoms with Gasteiger partial charge < -0.3 is 0 Å². The summed E-state index contributed by atoms with van der Waals surface area (Å²) in [6.07, 6.45) is 4.81. The summed E-state index contributed by atoms with van der Waals surface area (Å²) in [6, 6.07) is 0. The molecule has 1 aliphatic carbocycles. The van der Waals surface area contributed by atoms with E-state index in [1.54, 1.807) is 11.3 Å². The minimum Gasteiger partial charge on any atom is -0.298 e. The highest BCUT2D eigenvalue weighted by atomic mass is 35.5. The molecule has 1 saturated carbocycles. The molecule has 2 atom stereocenters. The van der Waals surface area contributed by atoms with E-state index in [0.29, 0.717) is 4.47 Å². The highest BCUT2D eigenvalue weighted by Gasteiger charge is 2.38. The Kier molecular flexibility index (Phi) is 2.26. The van der Waals surface area contributed by atoms with Gasteiger partial charge in [0.15, 0.2) is 4.47 Å². The molecule has 2 heterocycles. The van der Waals surface area contributed by atoms with Crippen LogP contribution in [0.2, 0.25) is 4.47 Å². The van der Waals surface area contributed by atoms with Gasteiger partial charge in [-0.25, -0.2) is 4.98 Å². The third kappa shape index (κ3) is 1.58. The third-order valence-electron chi connectivity index (χ3n) is 3.47. The molecule has 1 aliphatic heterocycles. The molecule has 1 aromatic rings. The molecule has 2 fully saturated rings. The van der Waals surface area contributed by atoms with Gasteiger partial charge in [0.25, 0.3) is 0 Å². The summed E-state index contributed by atoms with van der Waals surface area (Å²) in [6.45, 7) is 3.64. The van der Waals surface area contributed by atoms with Gasteiger partial charge in [0.05, 0.1) is 0 Å². The fraction of sp³-hybridized carbons (Fsp3) is 0.700. The van der Waals surface area contributed by atoms with Crippen LogP contribution >= 0.6 is 22.9 Å². The number of halogens is 1. The Bertz CT molecular complexity index is 327. The molecular formula is C10H13ClN2S. The van der Waals surface area contributed by atoms with Crippen LogP contribution in [0.4, 0.5) is 0 Å². The Hall–Kier alpha value is -0.120. The van der Waals surface area contributed by atoms with Gasteiger partial charge in [-0.1, -0.05) is 11.6 Å². The average molecular weight is 229 g/mol. The summed E-state index contributed by atoms with van der Waals surface area (Å²) in [5, 5.41) is 0. The van der Waals surface area contributed by atoms with Crippen molar-refractivity contribution in [3.8, 4) is 0 Å². The fourth-order valence-electron chi connectivity index (χ4n) is 2.56. The van der Waals surface area contributed by atoms with Gasteiger partial charge in [-0.15, -0.1) is 11.3 Å². The van der Waals surface area contributed by atoms with E-state index in [2.05, 4.69) is 9.88 Å². The first-order valence-corrected chi connectivity index (χ1v) is 6.33. The summed E-state index contributed by atoms with van der Waals surface area (Å²) >= 11 is 7.41. The van der Waals surface area contributed by atoms with Crippen molar-refractivity contribution in [1.29, 1.82) is 0 Å². The van der Waals surface area contributed by atoms with E-state index in [0.717, 1.165) is 18.4 Å². The van der Waals surface area contributed by atoms with Crippen molar-refractivity contribution in [3.63, 3.8) is 0 Å². The molecule has 0 N–H and O–H groups in total. The molecule has 0 amide bonds. The van der Waals surface area contributed by atoms with E-state index in [9.17, 15) is 0 Å². The topological polar surface area (TPSA) is 16.1 Å². The lowest BCUT2D eigenvalue weighted by atomic mass is 9.77. The van der Waals surface area contributed by atoms with E-state index in [1.165, 1.54) is 30.8 Å². The number of aromatic nitrogens is 1. The lowest BCUT2D eigenvalue weighted by Crippen LogP contribution is -2.22. The molecule has 1 aromatic heterocycles. The van der Waals surface area contributed by atoms with Gasteiger partial charge in [0.2, 0.25) is 0 Å². The number of likely N-dealkylation sites (tertiary alicyclic amines) is 1. The van der Waals surface area contributed by atoms with Crippen molar-refractivity contribution in [2.24, 2.45) is 11.8 Å². The maximum Gasteiger partial charge on any atom is 0.183 e. The van der Waals surface area contributed by atoms with Crippen LogP contribution in [0.3, 0.4) is 0 Å². The number of rotatable bonds is 2. The number of thiazole rings is 1. The van der Waals surface area contributed by atoms with Gasteiger partial charge in [-0.3, -0.25) is 4.90 Å². The van der Waals surface area contributed by atoms with E-state index < -0.39 is 0 Å². The van der Waals surface area contributed by atoms with Crippen LogP contribution < -0.4 is 0 Å². The van der Waals surface area contributed by atoms with Crippen molar-refractivity contribution in [1.82, 2.24) is 9.88 Å². The average Bonchev–Trinajstić information content (AvgIpc) is 2.63. The Morgan fingerprint density at radius 1 is 1.43 bits per heavy atom. The van der Waals surface area contributed by atoms with Crippen molar-refractivity contribution in [2.45, 2.75) is 19.4 Å². The standard InChI is InChI=1S/C10H13ClN2S/c11-10-12-3-9(14-10)6-13-4-7-1-2-8(7)5-13/h3,7-8H,1-2,4-6H2. The zero-order valence-corrected chi connectivity index (χ0v) is 9.52. The molecule has 14 heavy (non-hydrogen) atoms. The minimum atomic E-state index is 0.669. The Morgan fingerprint density at radius 2 is 2.14 bits per heavy atom. The van der Waals surface area contributed by atoms with Gasteiger partial charge >= 0.3 is 0 Å². The second-order valence-corrected chi connectivity index (χ2v) is 6.07. The summed E-state index contributed by atoms with van der Waals surface area (Å²) in [5.41, 5.74) is 0. The third-order valence-corrected chi connectivity index (χ3v) is 4.56. The van der Waals surface area contributed by atoms with Crippen LogP contribution in [-0.4, -0.2) is 23.0 Å². The predicted octanol–water partition coefficient (Wildman–Crippen LogP) is 2.64. The van der Waals surface area contributed by atoms with Crippen molar-refractivity contribution >= 4 is 22.9 Å². The normalized spacial score (nSPS) is 31.5. The first kappa shape index (κ1) is 9.13. The molecule has 2 aliphatic rings. The first-order valence-electron chi connectivity index (χ1n) is 5.14. The molecule has 0 bridgehead atoms. The molecule has 0 radical (unpaired) electrons. The van der Waals surface area contributed by atoms with Crippen LogP contribution in [0, 0.1) is 11.8 Å². The first-order chi connectivity index (χ1) is 6.81. The number of hydrogen-bond acceptors (Lipinski definition) is 3. The van der Waals surface area contributed by atoms with E-state index in [1.807, 2.05) is 6.20 Å². The molecule has 3 rings (SSSR count). The fourth-order valence-corrected chi connectivity index (χ4v) is 3.58. The van der Waals surface area contributed by atoms with E-state index in [-0.39, 0.29) is 0 Å². The zero-order chi connectivity index (χ0) is 9.54. The van der Waals surface area contributed by atoms with Crippen molar-refractivity contribution < 1.29 is 0 Å².